The molecule has 0 saturated heterocycles. The van der Waals surface area contributed by atoms with Crippen LogP contribution < -0.4 is 5.32 Å². The van der Waals surface area contributed by atoms with Crippen molar-refractivity contribution in [3.63, 3.8) is 0 Å². The molecule has 1 aromatic carbocycles. The van der Waals surface area contributed by atoms with Gasteiger partial charge < -0.3 is 5.32 Å². The molecule has 1 saturated carbocycles. The Labute approximate surface area is 125 Å². The highest BCUT2D eigenvalue weighted by Gasteiger charge is 2.24. The maximum absolute atomic E-state index is 13.7. The van der Waals surface area contributed by atoms with Crippen molar-refractivity contribution >= 4 is 25.6 Å². The maximum Gasteiger partial charge on any atom is 0.261 e. The molecular weight excluding hydrogens is 324 g/mol. The van der Waals surface area contributed by atoms with Gasteiger partial charge in [-0.25, -0.2) is 17.2 Å². The molecule has 0 atom stereocenters. The van der Waals surface area contributed by atoms with E-state index in [4.69, 9.17) is 10.7 Å². The molecule has 0 aliphatic heterocycles. The average Bonchev–Trinajstić information content (AvgIpc) is 2.41. The minimum Gasteiger partial charge on any atom is -0.349 e. The summed E-state index contributed by atoms with van der Waals surface area (Å²) in [6, 6.07) is 1.10. The normalized spacial score (nSPS) is 16.7. The summed E-state index contributed by atoms with van der Waals surface area (Å²) in [7, 11) is 0.857. The van der Waals surface area contributed by atoms with Crippen LogP contribution in [0.3, 0.4) is 0 Å². The Balaban J connectivity index is 2.29. The number of rotatable bonds is 3. The Morgan fingerprint density at radius 1 is 1.19 bits per heavy atom. The van der Waals surface area contributed by atoms with Crippen LogP contribution in [0.5, 0.6) is 0 Å². The lowest BCUT2D eigenvalue weighted by atomic mass is 9.95. The van der Waals surface area contributed by atoms with Gasteiger partial charge in [-0.3, -0.25) is 4.79 Å². The van der Waals surface area contributed by atoms with Crippen LogP contribution in [0.2, 0.25) is 0 Å². The van der Waals surface area contributed by atoms with Crippen molar-refractivity contribution in [1.82, 2.24) is 5.32 Å². The lowest BCUT2D eigenvalue weighted by Gasteiger charge is -2.22. The van der Waals surface area contributed by atoms with Gasteiger partial charge in [0.1, 0.15) is 0 Å². The molecule has 0 bridgehead atoms. The van der Waals surface area contributed by atoms with Crippen molar-refractivity contribution < 1.29 is 22.0 Å². The third-order valence-electron chi connectivity index (χ3n) is 3.47. The lowest BCUT2D eigenvalue weighted by Crippen LogP contribution is -2.36. The van der Waals surface area contributed by atoms with E-state index in [1.165, 1.54) is 0 Å². The maximum atomic E-state index is 13.7. The van der Waals surface area contributed by atoms with Gasteiger partial charge in [0.2, 0.25) is 0 Å². The highest BCUT2D eigenvalue weighted by atomic mass is 35.7. The molecular formula is C13H14ClF2NO3S. The van der Waals surface area contributed by atoms with Crippen LogP contribution in [-0.4, -0.2) is 20.4 Å². The van der Waals surface area contributed by atoms with E-state index in [-0.39, 0.29) is 6.04 Å². The first-order valence-corrected chi connectivity index (χ1v) is 8.84. The summed E-state index contributed by atoms with van der Waals surface area (Å²) >= 11 is 0. The molecule has 0 radical (unpaired) electrons. The predicted molar refractivity (Wildman–Crippen MR) is 73.7 cm³/mol. The number of benzene rings is 1. The monoisotopic (exact) mass is 337 g/mol. The van der Waals surface area contributed by atoms with Crippen LogP contribution >= 0.6 is 10.7 Å². The Kier molecular flexibility index (Phi) is 4.83. The van der Waals surface area contributed by atoms with Crippen molar-refractivity contribution in [1.29, 1.82) is 0 Å². The first-order valence-electron chi connectivity index (χ1n) is 6.53. The Morgan fingerprint density at radius 3 is 2.38 bits per heavy atom. The molecule has 1 aliphatic rings. The van der Waals surface area contributed by atoms with Crippen LogP contribution in [0.15, 0.2) is 17.0 Å². The smallest absolute Gasteiger partial charge is 0.261 e. The van der Waals surface area contributed by atoms with Crippen LogP contribution in [-0.2, 0) is 9.05 Å². The number of hydrogen-bond acceptors (Lipinski definition) is 3. The third-order valence-corrected chi connectivity index (χ3v) is 4.80. The number of halogens is 3. The largest absolute Gasteiger partial charge is 0.349 e. The Bertz CT molecular complexity index is 658. The molecule has 1 amide bonds. The summed E-state index contributed by atoms with van der Waals surface area (Å²) in [6.07, 6.45) is 4.53. The summed E-state index contributed by atoms with van der Waals surface area (Å²) < 4.78 is 49.5. The third kappa shape index (κ3) is 3.91. The second-order valence-electron chi connectivity index (χ2n) is 5.01. The molecule has 8 heteroatoms. The van der Waals surface area contributed by atoms with Gasteiger partial charge >= 0.3 is 0 Å². The van der Waals surface area contributed by atoms with Gasteiger partial charge in [0.05, 0.1) is 10.5 Å². The SMILES string of the molecule is O=C(NC1CCCCC1)c1cc(S(=O)(=O)Cl)cc(F)c1F. The average molecular weight is 338 g/mol. The summed E-state index contributed by atoms with van der Waals surface area (Å²) in [4.78, 5) is 11.4. The first kappa shape index (κ1) is 16.2. The number of carbonyl (C=O) groups excluding carboxylic acids is 1. The minimum absolute atomic E-state index is 0.107. The quantitative estimate of drug-likeness (QED) is 0.862. The highest BCUT2D eigenvalue weighted by molar-refractivity contribution is 8.13. The summed E-state index contributed by atoms with van der Waals surface area (Å²) in [5, 5.41) is 2.60. The molecule has 4 nitrogen and oxygen atoms in total. The van der Waals surface area contributed by atoms with Crippen LogP contribution in [0.4, 0.5) is 8.78 Å². The standard InChI is InChI=1S/C13H14ClF2NO3S/c14-21(19,20)9-6-10(12(16)11(15)7-9)13(18)17-8-4-2-1-3-5-8/h6-8H,1-5H2,(H,17,18). The Hall–Kier alpha value is -1.21. The molecule has 1 N–H and O–H groups in total. The van der Waals surface area contributed by atoms with E-state index in [1.54, 1.807) is 0 Å². The van der Waals surface area contributed by atoms with Crippen LogP contribution in [0.1, 0.15) is 42.5 Å². The summed E-state index contributed by atoms with van der Waals surface area (Å²) in [5.41, 5.74) is -0.653. The van der Waals surface area contributed by atoms with E-state index in [9.17, 15) is 22.0 Å². The van der Waals surface area contributed by atoms with Crippen LogP contribution in [0, 0.1) is 11.6 Å². The van der Waals surface area contributed by atoms with Gasteiger partial charge in [0.15, 0.2) is 11.6 Å². The van der Waals surface area contributed by atoms with Crippen molar-refractivity contribution in [2.24, 2.45) is 0 Å². The fourth-order valence-electron chi connectivity index (χ4n) is 2.38. The molecule has 1 fully saturated rings. The van der Waals surface area contributed by atoms with Crippen molar-refractivity contribution in [3.05, 3.63) is 29.3 Å². The van der Waals surface area contributed by atoms with E-state index in [1.807, 2.05) is 0 Å². The zero-order chi connectivity index (χ0) is 15.6. The molecule has 0 spiro atoms. The molecule has 1 aliphatic carbocycles. The van der Waals surface area contributed by atoms with E-state index in [0.717, 1.165) is 38.2 Å². The fraction of sp³-hybridized carbons (Fsp3) is 0.462. The fourth-order valence-corrected chi connectivity index (χ4v) is 3.15. The van der Waals surface area contributed by atoms with Crippen molar-refractivity contribution in [2.45, 2.75) is 43.0 Å². The van der Waals surface area contributed by atoms with E-state index >= 15 is 0 Å². The van der Waals surface area contributed by atoms with Crippen molar-refractivity contribution in [3.8, 4) is 0 Å². The summed E-state index contributed by atoms with van der Waals surface area (Å²) in [6.45, 7) is 0. The molecule has 21 heavy (non-hydrogen) atoms. The van der Waals surface area contributed by atoms with Crippen molar-refractivity contribution in [2.75, 3.05) is 0 Å². The van der Waals surface area contributed by atoms with E-state index in [0.29, 0.717) is 6.07 Å². The highest BCUT2D eigenvalue weighted by Crippen LogP contribution is 2.23. The molecule has 1 aromatic rings. The second-order valence-corrected chi connectivity index (χ2v) is 7.58. The van der Waals surface area contributed by atoms with E-state index in [2.05, 4.69) is 5.32 Å². The second kappa shape index (κ2) is 6.27. The zero-order valence-electron chi connectivity index (χ0n) is 11.0. The molecule has 2 rings (SSSR count). The van der Waals surface area contributed by atoms with Gasteiger partial charge in [-0.15, -0.1) is 0 Å². The first-order chi connectivity index (χ1) is 9.79. The topological polar surface area (TPSA) is 63.2 Å². The summed E-state index contributed by atoms with van der Waals surface area (Å²) in [5.74, 6) is -3.64. The molecule has 0 aromatic heterocycles. The number of amides is 1. The number of hydrogen-bond donors (Lipinski definition) is 1. The number of carbonyl (C=O) groups is 1. The van der Waals surface area contributed by atoms with Gasteiger partial charge in [-0.1, -0.05) is 19.3 Å². The molecule has 0 heterocycles. The van der Waals surface area contributed by atoms with E-state index < -0.39 is 37.1 Å². The number of nitrogens with one attached hydrogen (secondary N) is 1. The molecule has 116 valence electrons. The van der Waals surface area contributed by atoms with Crippen LogP contribution in [0.25, 0.3) is 0 Å². The van der Waals surface area contributed by atoms with Gasteiger partial charge in [-0.2, -0.15) is 0 Å². The predicted octanol–water partition coefficient (Wildman–Crippen LogP) is 2.95. The Morgan fingerprint density at radius 2 is 1.81 bits per heavy atom. The van der Waals surface area contributed by atoms with Gasteiger partial charge in [-0.05, 0) is 25.0 Å². The minimum atomic E-state index is -4.25. The zero-order valence-corrected chi connectivity index (χ0v) is 12.6. The van der Waals surface area contributed by atoms with Gasteiger partial charge in [0, 0.05) is 16.7 Å². The lowest BCUT2D eigenvalue weighted by molar-refractivity contribution is 0.0922. The van der Waals surface area contributed by atoms with Gasteiger partial charge in [0.25, 0.3) is 15.0 Å². The molecule has 0 unspecified atom stereocenters.